The van der Waals surface area contributed by atoms with Crippen LogP contribution in [0.4, 0.5) is 10.5 Å². The zero-order valence-corrected chi connectivity index (χ0v) is 14.7. The van der Waals surface area contributed by atoms with Gasteiger partial charge in [0.25, 0.3) is 0 Å². The maximum absolute atomic E-state index is 12.1. The van der Waals surface area contributed by atoms with Gasteiger partial charge in [0.05, 0.1) is 25.5 Å². The van der Waals surface area contributed by atoms with Crippen molar-refractivity contribution in [2.45, 2.75) is 18.9 Å². The molecule has 0 bridgehead atoms. The van der Waals surface area contributed by atoms with E-state index in [9.17, 15) is 9.90 Å². The Morgan fingerprint density at radius 1 is 1.08 bits per heavy atom. The van der Waals surface area contributed by atoms with Crippen LogP contribution < -0.4 is 20.1 Å². The Labute approximate surface area is 147 Å². The molecule has 2 aromatic carbocycles. The molecule has 3 N–H and O–H groups in total. The molecule has 6 nitrogen and oxygen atoms in total. The number of para-hydroxylation sites is 2. The maximum atomic E-state index is 12.1. The van der Waals surface area contributed by atoms with E-state index >= 15 is 0 Å². The van der Waals surface area contributed by atoms with Crippen molar-refractivity contribution >= 4 is 11.7 Å². The monoisotopic (exact) mass is 344 g/mol. The lowest BCUT2D eigenvalue weighted by molar-refractivity contribution is 0.0629. The summed E-state index contributed by atoms with van der Waals surface area (Å²) in [5.41, 5.74) is 0.446. The predicted molar refractivity (Wildman–Crippen MR) is 97.3 cm³/mol. The minimum absolute atomic E-state index is 0.111. The van der Waals surface area contributed by atoms with Crippen molar-refractivity contribution in [3.8, 4) is 11.5 Å². The van der Waals surface area contributed by atoms with Gasteiger partial charge in [-0.3, -0.25) is 0 Å². The molecule has 0 spiro atoms. The molecule has 0 saturated heterocycles. The van der Waals surface area contributed by atoms with Gasteiger partial charge in [-0.1, -0.05) is 24.3 Å². The van der Waals surface area contributed by atoms with Crippen LogP contribution in [-0.4, -0.2) is 37.5 Å². The SMILES string of the molecule is COc1ccc(C[C@](C)(O)CNC(=O)Nc2ccccc2OC)cc1. The molecule has 0 heterocycles. The van der Waals surface area contributed by atoms with Crippen LogP contribution >= 0.6 is 0 Å². The number of anilines is 1. The van der Waals surface area contributed by atoms with E-state index in [1.807, 2.05) is 30.3 Å². The van der Waals surface area contributed by atoms with Gasteiger partial charge in [0.15, 0.2) is 0 Å². The molecule has 0 aliphatic rings. The van der Waals surface area contributed by atoms with E-state index < -0.39 is 11.6 Å². The van der Waals surface area contributed by atoms with Crippen LogP contribution in [0.1, 0.15) is 12.5 Å². The first-order chi connectivity index (χ1) is 11.9. The second kappa shape index (κ2) is 8.39. The van der Waals surface area contributed by atoms with Crippen molar-refractivity contribution in [3.63, 3.8) is 0 Å². The van der Waals surface area contributed by atoms with Crippen molar-refractivity contribution in [3.05, 3.63) is 54.1 Å². The van der Waals surface area contributed by atoms with Gasteiger partial charge in [0.1, 0.15) is 11.5 Å². The summed E-state index contributed by atoms with van der Waals surface area (Å²) in [5.74, 6) is 1.33. The molecular weight excluding hydrogens is 320 g/mol. The fourth-order valence-electron chi connectivity index (χ4n) is 2.43. The molecule has 2 rings (SSSR count). The lowest BCUT2D eigenvalue weighted by Crippen LogP contribution is -2.43. The van der Waals surface area contributed by atoms with Gasteiger partial charge in [-0.05, 0) is 36.8 Å². The molecule has 0 aromatic heterocycles. The lowest BCUT2D eigenvalue weighted by Gasteiger charge is -2.24. The van der Waals surface area contributed by atoms with Gasteiger partial charge in [-0.2, -0.15) is 0 Å². The topological polar surface area (TPSA) is 79.8 Å². The van der Waals surface area contributed by atoms with Crippen LogP contribution in [0.15, 0.2) is 48.5 Å². The number of carbonyl (C=O) groups excluding carboxylic acids is 1. The number of carbonyl (C=O) groups is 1. The minimum Gasteiger partial charge on any atom is -0.497 e. The van der Waals surface area contributed by atoms with Crippen molar-refractivity contribution in [1.29, 1.82) is 0 Å². The Morgan fingerprint density at radius 2 is 1.76 bits per heavy atom. The number of hydrogen-bond acceptors (Lipinski definition) is 4. The van der Waals surface area contributed by atoms with Gasteiger partial charge in [0, 0.05) is 13.0 Å². The van der Waals surface area contributed by atoms with Crippen molar-refractivity contribution in [2.24, 2.45) is 0 Å². The Balaban J connectivity index is 1.88. The summed E-state index contributed by atoms with van der Waals surface area (Å²) in [6, 6.07) is 14.2. The minimum atomic E-state index is -1.08. The first kappa shape index (κ1) is 18.6. The number of benzene rings is 2. The molecule has 25 heavy (non-hydrogen) atoms. The number of ether oxygens (including phenoxy) is 2. The summed E-state index contributed by atoms with van der Waals surface area (Å²) in [7, 11) is 3.15. The predicted octanol–water partition coefficient (Wildman–Crippen LogP) is 2.82. The average Bonchev–Trinajstić information content (AvgIpc) is 2.61. The molecule has 6 heteroatoms. The highest BCUT2D eigenvalue weighted by molar-refractivity contribution is 5.90. The third-order valence-electron chi connectivity index (χ3n) is 3.73. The summed E-state index contributed by atoms with van der Waals surface area (Å²) in [5, 5.41) is 15.9. The molecule has 0 radical (unpaired) electrons. The average molecular weight is 344 g/mol. The van der Waals surface area contributed by atoms with E-state index in [4.69, 9.17) is 9.47 Å². The fourth-order valence-corrected chi connectivity index (χ4v) is 2.43. The first-order valence-corrected chi connectivity index (χ1v) is 7.97. The number of aliphatic hydroxyl groups is 1. The largest absolute Gasteiger partial charge is 0.497 e. The molecular formula is C19H24N2O4. The van der Waals surface area contributed by atoms with Gasteiger partial charge in [-0.15, -0.1) is 0 Å². The highest BCUT2D eigenvalue weighted by atomic mass is 16.5. The molecule has 0 saturated carbocycles. The normalized spacial score (nSPS) is 12.8. The summed E-state index contributed by atoms with van der Waals surface area (Å²) < 4.78 is 10.3. The zero-order valence-electron chi connectivity index (χ0n) is 14.7. The number of hydrogen-bond donors (Lipinski definition) is 3. The van der Waals surface area contributed by atoms with Gasteiger partial charge in [0.2, 0.25) is 0 Å². The van der Waals surface area contributed by atoms with Gasteiger partial charge in [-0.25, -0.2) is 4.79 Å². The number of amides is 2. The zero-order chi connectivity index (χ0) is 18.3. The fraction of sp³-hybridized carbons (Fsp3) is 0.316. The standard InChI is InChI=1S/C19H24N2O4/c1-19(23,12-14-8-10-15(24-2)11-9-14)13-20-18(22)21-16-6-4-5-7-17(16)25-3/h4-11,23H,12-13H2,1-3H3,(H2,20,21,22)/t19-/m0/s1. The first-order valence-electron chi connectivity index (χ1n) is 7.97. The third-order valence-corrected chi connectivity index (χ3v) is 3.73. The second-order valence-electron chi connectivity index (χ2n) is 6.03. The summed E-state index contributed by atoms with van der Waals surface area (Å²) >= 11 is 0. The molecule has 0 aliphatic carbocycles. The summed E-state index contributed by atoms with van der Waals surface area (Å²) in [6.07, 6.45) is 0.409. The number of rotatable bonds is 7. The molecule has 2 aromatic rings. The second-order valence-corrected chi connectivity index (χ2v) is 6.03. The van der Waals surface area contributed by atoms with E-state index in [2.05, 4.69) is 10.6 Å². The van der Waals surface area contributed by atoms with E-state index in [1.54, 1.807) is 32.2 Å². The van der Waals surface area contributed by atoms with Crippen LogP contribution in [0.25, 0.3) is 0 Å². The molecule has 2 amide bonds. The van der Waals surface area contributed by atoms with Crippen LogP contribution in [-0.2, 0) is 6.42 Å². The van der Waals surface area contributed by atoms with E-state index in [-0.39, 0.29) is 6.54 Å². The molecule has 134 valence electrons. The molecule has 0 fully saturated rings. The van der Waals surface area contributed by atoms with Crippen LogP contribution in [0.3, 0.4) is 0 Å². The van der Waals surface area contributed by atoms with Crippen LogP contribution in [0.5, 0.6) is 11.5 Å². The van der Waals surface area contributed by atoms with Crippen LogP contribution in [0, 0.1) is 0 Å². The Hall–Kier alpha value is -2.73. The third kappa shape index (κ3) is 5.69. The van der Waals surface area contributed by atoms with E-state index in [0.29, 0.717) is 17.9 Å². The van der Waals surface area contributed by atoms with E-state index in [1.165, 1.54) is 7.11 Å². The molecule has 1 atom stereocenters. The Kier molecular flexibility index (Phi) is 6.25. The number of urea groups is 1. The molecule has 0 aliphatic heterocycles. The van der Waals surface area contributed by atoms with Crippen molar-refractivity contribution in [2.75, 3.05) is 26.1 Å². The maximum Gasteiger partial charge on any atom is 0.319 e. The van der Waals surface area contributed by atoms with Gasteiger partial charge < -0.3 is 25.2 Å². The number of nitrogens with one attached hydrogen (secondary N) is 2. The quantitative estimate of drug-likeness (QED) is 0.721. The highest BCUT2D eigenvalue weighted by Gasteiger charge is 2.22. The summed E-state index contributed by atoms with van der Waals surface area (Å²) in [4.78, 5) is 12.1. The van der Waals surface area contributed by atoms with Gasteiger partial charge >= 0.3 is 6.03 Å². The highest BCUT2D eigenvalue weighted by Crippen LogP contribution is 2.23. The van der Waals surface area contributed by atoms with E-state index in [0.717, 1.165) is 11.3 Å². The molecule has 0 unspecified atom stereocenters. The van der Waals surface area contributed by atoms with Crippen LogP contribution in [0.2, 0.25) is 0 Å². The van der Waals surface area contributed by atoms with Crippen molar-refractivity contribution < 1.29 is 19.4 Å². The number of methoxy groups -OCH3 is 2. The lowest BCUT2D eigenvalue weighted by atomic mass is 9.96. The Morgan fingerprint density at radius 3 is 2.40 bits per heavy atom. The smallest absolute Gasteiger partial charge is 0.319 e. The summed E-state index contributed by atoms with van der Waals surface area (Å²) in [6.45, 7) is 1.79. The Bertz CT molecular complexity index is 699. The van der Waals surface area contributed by atoms with Crippen molar-refractivity contribution in [1.82, 2.24) is 5.32 Å².